The number of hydroxylamine groups is 2. The highest BCUT2D eigenvalue weighted by atomic mass is 28.5. The van der Waals surface area contributed by atoms with Crippen molar-refractivity contribution >= 4 is 17.1 Å². The van der Waals surface area contributed by atoms with Crippen molar-refractivity contribution in [2.24, 2.45) is 0 Å². The van der Waals surface area contributed by atoms with Crippen LogP contribution in [0.2, 0.25) is 22.2 Å². The van der Waals surface area contributed by atoms with Gasteiger partial charge in [-0.25, -0.2) is 4.79 Å². The molecule has 12 heteroatoms. The summed E-state index contributed by atoms with van der Waals surface area (Å²) >= 11 is 0. The van der Waals surface area contributed by atoms with Crippen LogP contribution in [0.3, 0.4) is 0 Å². The van der Waals surface area contributed by atoms with Gasteiger partial charge in [0.05, 0.1) is 12.6 Å². The highest BCUT2D eigenvalue weighted by Gasteiger charge is 2.70. The minimum absolute atomic E-state index is 0.140. The Morgan fingerprint density at radius 2 is 1.57 bits per heavy atom. The molecule has 1 aromatic heterocycles. The zero-order chi connectivity index (χ0) is 27.7. The number of H-pyrrole nitrogens is 1. The molecule has 0 radical (unpaired) electrons. The number of nitrogens with zero attached hydrogens (tertiary/aromatic N) is 2. The largest absolute Gasteiger partial charge is 0.414 e. The Kier molecular flexibility index (Phi) is 7.65. The summed E-state index contributed by atoms with van der Waals surface area (Å²) in [6.07, 6.45) is -0.417. The SMILES string of the molecule is Cc1cn([C@@H]2O[C@]34CO[Si](C(C)C)(C(C)C)O[Si](C(C)C)(C(C)C)OC3C2ON(C)[C@H]4C)c(=O)[nH]c1=O. The number of aromatic nitrogens is 2. The van der Waals surface area contributed by atoms with Crippen LogP contribution in [0.1, 0.15) is 74.1 Å². The van der Waals surface area contributed by atoms with Crippen LogP contribution in [0.15, 0.2) is 15.8 Å². The number of aromatic amines is 1. The molecular weight excluding hydrogens is 510 g/mol. The van der Waals surface area contributed by atoms with Crippen LogP contribution in [-0.2, 0) is 22.5 Å². The van der Waals surface area contributed by atoms with Crippen LogP contribution >= 0.6 is 0 Å². The molecule has 0 amide bonds. The predicted molar refractivity (Wildman–Crippen MR) is 145 cm³/mol. The summed E-state index contributed by atoms with van der Waals surface area (Å²) in [6, 6.07) is -0.228. The molecule has 4 rings (SSSR count). The second kappa shape index (κ2) is 9.81. The number of hydrogen-bond donors (Lipinski definition) is 1. The monoisotopic (exact) mass is 555 g/mol. The number of likely N-dealkylation sites (N-methyl/N-ethyl adjacent to an activating group) is 1. The normalized spacial score (nSPS) is 33.7. The third-order valence-electron chi connectivity index (χ3n) is 8.73. The molecule has 2 bridgehead atoms. The molecule has 3 aliphatic heterocycles. The van der Waals surface area contributed by atoms with Gasteiger partial charge in [0.15, 0.2) is 12.3 Å². The topological polar surface area (TPSA) is 104 Å². The second-order valence-electron chi connectivity index (χ2n) is 12.2. The second-order valence-corrected chi connectivity index (χ2v) is 21.1. The van der Waals surface area contributed by atoms with E-state index in [1.54, 1.807) is 18.2 Å². The molecule has 2 unspecified atom stereocenters. The van der Waals surface area contributed by atoms with Gasteiger partial charge in [-0.05, 0) is 36.0 Å². The van der Waals surface area contributed by atoms with Crippen LogP contribution in [0.5, 0.6) is 0 Å². The van der Waals surface area contributed by atoms with Crippen LogP contribution in [-0.4, -0.2) is 69.2 Å². The number of hydrogen-bond acceptors (Lipinski definition) is 8. The maximum absolute atomic E-state index is 13.0. The van der Waals surface area contributed by atoms with E-state index in [1.165, 1.54) is 4.57 Å². The van der Waals surface area contributed by atoms with Crippen molar-refractivity contribution in [1.82, 2.24) is 14.6 Å². The smallest absolute Gasteiger partial charge is 0.335 e. The third kappa shape index (κ3) is 4.28. The van der Waals surface area contributed by atoms with Crippen LogP contribution in [0.25, 0.3) is 0 Å². The van der Waals surface area contributed by atoms with E-state index in [0.717, 1.165) is 0 Å². The van der Waals surface area contributed by atoms with E-state index < -0.39 is 52.4 Å². The molecule has 1 N–H and O–H groups in total. The maximum atomic E-state index is 13.0. The van der Waals surface area contributed by atoms with E-state index in [4.69, 9.17) is 22.5 Å². The molecule has 3 fully saturated rings. The van der Waals surface area contributed by atoms with Gasteiger partial charge in [-0.1, -0.05) is 55.4 Å². The fraction of sp³-hybridized carbons (Fsp3) is 0.840. The molecule has 210 valence electrons. The van der Waals surface area contributed by atoms with E-state index in [9.17, 15) is 9.59 Å². The Bertz CT molecular complexity index is 1100. The summed E-state index contributed by atoms with van der Waals surface area (Å²) in [7, 11) is -3.86. The highest BCUT2D eigenvalue weighted by molar-refractivity contribution is 6.84. The number of rotatable bonds is 5. The fourth-order valence-electron chi connectivity index (χ4n) is 6.35. The van der Waals surface area contributed by atoms with Crippen molar-refractivity contribution in [3.05, 3.63) is 32.6 Å². The van der Waals surface area contributed by atoms with Crippen molar-refractivity contribution in [3.63, 3.8) is 0 Å². The van der Waals surface area contributed by atoms with Gasteiger partial charge >= 0.3 is 22.8 Å². The summed E-state index contributed by atoms with van der Waals surface area (Å²) in [6.45, 7) is 21.4. The van der Waals surface area contributed by atoms with E-state index in [1.807, 2.05) is 14.0 Å². The molecule has 3 aliphatic rings. The van der Waals surface area contributed by atoms with Crippen molar-refractivity contribution < 1.29 is 22.5 Å². The van der Waals surface area contributed by atoms with Gasteiger partial charge in [0, 0.05) is 18.8 Å². The Balaban J connectivity index is 1.94. The van der Waals surface area contributed by atoms with Gasteiger partial charge in [-0.2, -0.15) is 5.06 Å². The van der Waals surface area contributed by atoms with E-state index in [-0.39, 0.29) is 34.8 Å². The van der Waals surface area contributed by atoms with Gasteiger partial charge in [0.2, 0.25) is 0 Å². The van der Waals surface area contributed by atoms with Gasteiger partial charge in [0.1, 0.15) is 11.7 Å². The molecule has 3 saturated heterocycles. The first-order chi connectivity index (χ1) is 17.1. The van der Waals surface area contributed by atoms with Crippen molar-refractivity contribution in [2.75, 3.05) is 13.7 Å². The minimum Gasteiger partial charge on any atom is -0.414 e. The van der Waals surface area contributed by atoms with Gasteiger partial charge in [-0.3, -0.25) is 19.2 Å². The summed E-state index contributed by atoms with van der Waals surface area (Å²) in [5.74, 6) is 0. The lowest BCUT2D eigenvalue weighted by molar-refractivity contribution is -0.283. The van der Waals surface area contributed by atoms with Crippen molar-refractivity contribution in [2.45, 2.75) is 121 Å². The number of aryl methyl sites for hydroxylation is 1. The lowest BCUT2D eigenvalue weighted by Crippen LogP contribution is -2.73. The summed E-state index contributed by atoms with van der Waals surface area (Å²) in [5, 5.41) is 1.79. The average molecular weight is 556 g/mol. The van der Waals surface area contributed by atoms with Gasteiger partial charge < -0.3 is 17.7 Å². The van der Waals surface area contributed by atoms with Gasteiger partial charge in [-0.15, -0.1) is 0 Å². The molecule has 1 aromatic rings. The zero-order valence-corrected chi connectivity index (χ0v) is 26.2. The van der Waals surface area contributed by atoms with Crippen molar-refractivity contribution in [1.29, 1.82) is 0 Å². The molecule has 0 aromatic carbocycles. The summed E-state index contributed by atoms with van der Waals surface area (Å²) in [4.78, 5) is 33.9. The highest BCUT2D eigenvalue weighted by Crippen LogP contribution is 2.54. The minimum atomic E-state index is -2.94. The van der Waals surface area contributed by atoms with Crippen molar-refractivity contribution in [3.8, 4) is 0 Å². The Labute approximate surface area is 222 Å². The van der Waals surface area contributed by atoms with Crippen LogP contribution in [0, 0.1) is 6.92 Å². The number of ether oxygens (including phenoxy) is 1. The molecule has 5 atom stereocenters. The quantitative estimate of drug-likeness (QED) is 0.549. The Morgan fingerprint density at radius 3 is 2.11 bits per heavy atom. The fourth-order valence-corrected chi connectivity index (χ4v) is 17.6. The average Bonchev–Trinajstić information content (AvgIpc) is 3.01. The molecule has 0 spiro atoms. The maximum Gasteiger partial charge on any atom is 0.335 e. The summed E-state index contributed by atoms with van der Waals surface area (Å²) < 4.78 is 30.0. The van der Waals surface area contributed by atoms with Crippen LogP contribution < -0.4 is 11.2 Å². The molecule has 10 nitrogen and oxygen atoms in total. The van der Waals surface area contributed by atoms with E-state index >= 15 is 0 Å². The lowest BCUT2D eigenvalue weighted by Gasteiger charge is -2.56. The van der Waals surface area contributed by atoms with E-state index in [2.05, 4.69) is 60.4 Å². The predicted octanol–water partition coefficient (Wildman–Crippen LogP) is 3.70. The Morgan fingerprint density at radius 1 is 1.00 bits per heavy atom. The standard InChI is InChI=1S/C25H45N3O7Si2/c1-14(2)36(15(3)4)31-13-25-19(10)27(11)33-20(21(25)34-37(35-36,16(5)6)17(7)8)23(32-25)28-12-18(9)22(29)26-24(28)30/h12,14-17,19-21,23H,13H2,1-11H3,(H,26,29,30)/t19-,20?,21?,23+,25-/m0/s1. The first-order valence-electron chi connectivity index (χ1n) is 13.5. The molecule has 0 aliphatic carbocycles. The molecule has 37 heavy (non-hydrogen) atoms. The first-order valence-corrected chi connectivity index (χ1v) is 17.5. The lowest BCUT2D eigenvalue weighted by atomic mass is 9.87. The number of nitrogens with one attached hydrogen (secondary N) is 1. The summed E-state index contributed by atoms with van der Waals surface area (Å²) in [5.41, 5.74) is -0.778. The first kappa shape index (κ1) is 28.9. The Hall–Kier alpha value is -1.13. The third-order valence-corrected chi connectivity index (χ3v) is 18.9. The van der Waals surface area contributed by atoms with E-state index in [0.29, 0.717) is 5.56 Å². The molecular formula is C25H45N3O7Si2. The molecule has 4 heterocycles. The zero-order valence-electron chi connectivity index (χ0n) is 24.2. The molecule has 0 saturated carbocycles. The van der Waals surface area contributed by atoms with Crippen LogP contribution in [0.4, 0.5) is 0 Å². The van der Waals surface area contributed by atoms with Gasteiger partial charge in [0.25, 0.3) is 5.56 Å².